The molecule has 0 aliphatic carbocycles. The fourth-order valence-corrected chi connectivity index (χ4v) is 2.82. The zero-order valence-electron chi connectivity index (χ0n) is 10.1. The van der Waals surface area contributed by atoms with Gasteiger partial charge in [-0.1, -0.05) is 15.9 Å². The van der Waals surface area contributed by atoms with E-state index in [1.54, 1.807) is 12.1 Å². The van der Waals surface area contributed by atoms with E-state index in [1.807, 2.05) is 0 Å². The Bertz CT molecular complexity index is 718. The molecule has 0 amide bonds. The lowest BCUT2D eigenvalue weighted by atomic mass is 10.2. The molecule has 2 aromatic rings. The molecule has 0 saturated heterocycles. The minimum absolute atomic E-state index is 0.0503. The first-order chi connectivity index (χ1) is 9.38. The van der Waals surface area contributed by atoms with Crippen molar-refractivity contribution < 1.29 is 17.2 Å². The molecule has 20 heavy (non-hydrogen) atoms. The number of rotatable bonds is 4. The maximum absolute atomic E-state index is 13.4. The lowest BCUT2D eigenvalue weighted by Crippen LogP contribution is -2.23. The summed E-state index contributed by atoms with van der Waals surface area (Å²) in [5.74, 6) is -1.28. The van der Waals surface area contributed by atoms with Crippen LogP contribution in [0.15, 0.2) is 51.8 Å². The Morgan fingerprint density at radius 2 is 1.70 bits per heavy atom. The van der Waals surface area contributed by atoms with Crippen LogP contribution in [0.4, 0.5) is 8.78 Å². The van der Waals surface area contributed by atoms with Crippen molar-refractivity contribution in [3.05, 3.63) is 64.1 Å². The predicted molar refractivity (Wildman–Crippen MR) is 74.5 cm³/mol. The smallest absolute Gasteiger partial charge is 0.207 e. The number of hydrogen-bond donors (Lipinski definition) is 1. The maximum Gasteiger partial charge on any atom is 0.240 e. The summed E-state index contributed by atoms with van der Waals surface area (Å²) in [6, 6.07) is 8.87. The van der Waals surface area contributed by atoms with Crippen molar-refractivity contribution in [2.75, 3.05) is 0 Å². The molecule has 2 aromatic carbocycles. The molecule has 106 valence electrons. The van der Waals surface area contributed by atoms with E-state index in [1.165, 1.54) is 12.1 Å². The van der Waals surface area contributed by atoms with Crippen LogP contribution in [0.5, 0.6) is 0 Å². The average molecular weight is 362 g/mol. The van der Waals surface area contributed by atoms with Crippen molar-refractivity contribution in [3.63, 3.8) is 0 Å². The van der Waals surface area contributed by atoms with E-state index in [0.29, 0.717) is 0 Å². The van der Waals surface area contributed by atoms with Crippen molar-refractivity contribution in [2.24, 2.45) is 0 Å². The van der Waals surface area contributed by atoms with Crippen LogP contribution < -0.4 is 4.72 Å². The summed E-state index contributed by atoms with van der Waals surface area (Å²) in [7, 11) is -3.76. The molecule has 7 heteroatoms. The SMILES string of the molecule is O=S(=O)(NCc1cc(F)ccc1F)c1ccc(Br)cc1. The van der Waals surface area contributed by atoms with Crippen LogP contribution in [0.3, 0.4) is 0 Å². The number of sulfonamides is 1. The van der Waals surface area contributed by atoms with E-state index in [0.717, 1.165) is 22.7 Å². The number of halogens is 3. The van der Waals surface area contributed by atoms with Gasteiger partial charge in [0.15, 0.2) is 0 Å². The summed E-state index contributed by atoms with van der Waals surface area (Å²) in [5.41, 5.74) is -0.0503. The highest BCUT2D eigenvalue weighted by Crippen LogP contribution is 2.15. The molecule has 2 rings (SSSR count). The molecule has 0 unspecified atom stereocenters. The van der Waals surface area contributed by atoms with E-state index < -0.39 is 21.7 Å². The topological polar surface area (TPSA) is 46.2 Å². The zero-order chi connectivity index (χ0) is 14.8. The summed E-state index contributed by atoms with van der Waals surface area (Å²) >= 11 is 3.20. The van der Waals surface area contributed by atoms with Gasteiger partial charge in [-0.3, -0.25) is 0 Å². The van der Waals surface area contributed by atoms with Gasteiger partial charge >= 0.3 is 0 Å². The van der Waals surface area contributed by atoms with Gasteiger partial charge in [-0.2, -0.15) is 0 Å². The largest absolute Gasteiger partial charge is 0.240 e. The van der Waals surface area contributed by atoms with E-state index >= 15 is 0 Å². The fourth-order valence-electron chi connectivity index (χ4n) is 1.55. The Morgan fingerprint density at radius 1 is 1.05 bits per heavy atom. The monoisotopic (exact) mass is 361 g/mol. The number of hydrogen-bond acceptors (Lipinski definition) is 2. The summed E-state index contributed by atoms with van der Waals surface area (Å²) in [4.78, 5) is 0.0533. The van der Waals surface area contributed by atoms with Gasteiger partial charge in [0.1, 0.15) is 11.6 Å². The van der Waals surface area contributed by atoms with Crippen LogP contribution in [-0.2, 0) is 16.6 Å². The third kappa shape index (κ3) is 3.62. The minimum Gasteiger partial charge on any atom is -0.207 e. The van der Waals surface area contributed by atoms with Gasteiger partial charge in [-0.05, 0) is 42.5 Å². The summed E-state index contributed by atoms with van der Waals surface area (Å²) in [5, 5.41) is 0. The van der Waals surface area contributed by atoms with Crippen LogP contribution in [0.1, 0.15) is 5.56 Å². The molecular weight excluding hydrogens is 352 g/mol. The second-order valence-corrected chi connectivity index (χ2v) is 6.70. The lowest BCUT2D eigenvalue weighted by molar-refractivity contribution is 0.567. The molecule has 0 aromatic heterocycles. The second kappa shape index (κ2) is 5.99. The Hall–Kier alpha value is -1.31. The molecule has 0 heterocycles. The Kier molecular flexibility index (Phi) is 4.52. The first-order valence-electron chi connectivity index (χ1n) is 5.58. The Balaban J connectivity index is 2.17. The van der Waals surface area contributed by atoms with Crippen molar-refractivity contribution in [2.45, 2.75) is 11.4 Å². The van der Waals surface area contributed by atoms with Gasteiger partial charge in [0, 0.05) is 16.6 Å². The predicted octanol–water partition coefficient (Wildman–Crippen LogP) is 3.21. The second-order valence-electron chi connectivity index (χ2n) is 4.01. The highest BCUT2D eigenvalue weighted by molar-refractivity contribution is 9.10. The molecule has 0 saturated carbocycles. The first-order valence-corrected chi connectivity index (χ1v) is 7.85. The normalized spacial score (nSPS) is 11.6. The average Bonchev–Trinajstić information content (AvgIpc) is 2.40. The molecule has 3 nitrogen and oxygen atoms in total. The molecule has 0 bridgehead atoms. The molecule has 0 aliphatic rings. The lowest BCUT2D eigenvalue weighted by Gasteiger charge is -2.08. The van der Waals surface area contributed by atoms with Crippen LogP contribution in [0.2, 0.25) is 0 Å². The van der Waals surface area contributed by atoms with E-state index in [9.17, 15) is 17.2 Å². The van der Waals surface area contributed by atoms with Crippen LogP contribution in [0.25, 0.3) is 0 Å². The molecule has 1 N–H and O–H groups in total. The van der Waals surface area contributed by atoms with Crippen LogP contribution >= 0.6 is 15.9 Å². The van der Waals surface area contributed by atoms with Gasteiger partial charge < -0.3 is 0 Å². The highest BCUT2D eigenvalue weighted by atomic mass is 79.9. The van der Waals surface area contributed by atoms with Crippen LogP contribution in [-0.4, -0.2) is 8.42 Å². The highest BCUT2D eigenvalue weighted by Gasteiger charge is 2.14. The standard InChI is InChI=1S/C13H10BrF2NO2S/c14-10-1-4-12(5-2-10)20(18,19)17-8-9-7-11(15)3-6-13(9)16/h1-7,17H,8H2. The third-order valence-electron chi connectivity index (χ3n) is 2.58. The van der Waals surface area contributed by atoms with Gasteiger partial charge in [0.25, 0.3) is 0 Å². The van der Waals surface area contributed by atoms with Crippen molar-refractivity contribution >= 4 is 26.0 Å². The van der Waals surface area contributed by atoms with Gasteiger partial charge in [-0.25, -0.2) is 21.9 Å². The number of benzene rings is 2. The van der Waals surface area contributed by atoms with Gasteiger partial charge in [0.05, 0.1) is 4.90 Å². The van der Waals surface area contributed by atoms with Crippen LogP contribution in [0, 0.1) is 11.6 Å². The quantitative estimate of drug-likeness (QED) is 0.908. The van der Waals surface area contributed by atoms with E-state index in [-0.39, 0.29) is 17.0 Å². The molecule has 0 spiro atoms. The molecule has 0 atom stereocenters. The first kappa shape index (κ1) is 15.1. The fraction of sp³-hybridized carbons (Fsp3) is 0.0769. The summed E-state index contributed by atoms with van der Waals surface area (Å²) in [6.45, 7) is -0.317. The maximum atomic E-state index is 13.4. The molecule has 0 aliphatic heterocycles. The summed E-state index contributed by atoms with van der Waals surface area (Å²) < 4.78 is 53.3. The van der Waals surface area contributed by atoms with Gasteiger partial charge in [0.2, 0.25) is 10.0 Å². The number of nitrogens with one attached hydrogen (secondary N) is 1. The Labute approximate surface area is 123 Å². The van der Waals surface area contributed by atoms with Crippen molar-refractivity contribution in [3.8, 4) is 0 Å². The zero-order valence-corrected chi connectivity index (χ0v) is 12.5. The molecule has 0 radical (unpaired) electrons. The van der Waals surface area contributed by atoms with Crippen molar-refractivity contribution in [1.82, 2.24) is 4.72 Å². The van der Waals surface area contributed by atoms with E-state index in [2.05, 4.69) is 20.7 Å². The minimum atomic E-state index is -3.76. The Morgan fingerprint density at radius 3 is 2.35 bits per heavy atom. The third-order valence-corrected chi connectivity index (χ3v) is 4.53. The van der Waals surface area contributed by atoms with E-state index in [4.69, 9.17) is 0 Å². The van der Waals surface area contributed by atoms with Crippen molar-refractivity contribution in [1.29, 1.82) is 0 Å². The molecular formula is C13H10BrF2NO2S. The van der Waals surface area contributed by atoms with Gasteiger partial charge in [-0.15, -0.1) is 0 Å². The molecule has 0 fully saturated rings. The summed E-state index contributed by atoms with van der Waals surface area (Å²) in [6.07, 6.45) is 0.